The second-order valence-electron chi connectivity index (χ2n) is 6.44. The monoisotopic (exact) mass is 287 g/mol. The van der Waals surface area contributed by atoms with Crippen molar-refractivity contribution < 1.29 is 13.2 Å². The van der Waals surface area contributed by atoms with E-state index in [1.807, 2.05) is 0 Å². The maximum Gasteiger partial charge on any atom is 0.151 e. The van der Waals surface area contributed by atoms with Crippen molar-refractivity contribution in [1.82, 2.24) is 4.90 Å². The molecule has 4 nitrogen and oxygen atoms in total. The van der Waals surface area contributed by atoms with Gasteiger partial charge in [-0.2, -0.15) is 0 Å². The first-order chi connectivity index (χ1) is 8.95. The molecule has 2 fully saturated rings. The number of sulfone groups is 1. The fraction of sp³-hybridized carbons (Fsp3) is 0.929. The molecule has 1 aliphatic carbocycles. The van der Waals surface area contributed by atoms with E-state index in [9.17, 15) is 13.2 Å². The maximum absolute atomic E-state index is 11.6. The fourth-order valence-corrected chi connectivity index (χ4v) is 4.55. The normalized spacial score (nSPS) is 36.6. The number of hydrogen-bond acceptors (Lipinski definition) is 4. The summed E-state index contributed by atoms with van der Waals surface area (Å²) in [6.07, 6.45) is 5.99. The highest BCUT2D eigenvalue weighted by Crippen LogP contribution is 2.38. The quantitative estimate of drug-likeness (QED) is 0.738. The van der Waals surface area contributed by atoms with Crippen molar-refractivity contribution in [2.45, 2.75) is 39.0 Å². The van der Waals surface area contributed by atoms with Gasteiger partial charge in [-0.1, -0.05) is 6.92 Å². The highest BCUT2D eigenvalue weighted by molar-refractivity contribution is 7.91. The van der Waals surface area contributed by atoms with Crippen molar-refractivity contribution in [3.05, 3.63) is 0 Å². The zero-order valence-electron chi connectivity index (χ0n) is 11.8. The molecule has 0 aromatic carbocycles. The largest absolute Gasteiger partial charge is 0.303 e. The molecule has 0 aromatic rings. The first-order valence-electron chi connectivity index (χ1n) is 7.34. The third-order valence-corrected chi connectivity index (χ3v) is 6.42. The number of hydrogen-bond donors (Lipinski definition) is 0. The van der Waals surface area contributed by atoms with Crippen molar-refractivity contribution in [3.63, 3.8) is 0 Å². The van der Waals surface area contributed by atoms with E-state index in [2.05, 4.69) is 11.8 Å². The lowest BCUT2D eigenvalue weighted by atomic mass is 9.71. The van der Waals surface area contributed by atoms with Crippen LogP contribution in [0.3, 0.4) is 0 Å². The molecule has 0 unspecified atom stereocenters. The topological polar surface area (TPSA) is 54.5 Å². The molecule has 0 atom stereocenters. The lowest BCUT2D eigenvalue weighted by Crippen LogP contribution is -2.42. The Kier molecular flexibility index (Phi) is 4.66. The van der Waals surface area contributed by atoms with E-state index < -0.39 is 9.84 Å². The van der Waals surface area contributed by atoms with Crippen LogP contribution in [0.5, 0.6) is 0 Å². The highest BCUT2D eigenvalue weighted by Gasteiger charge is 2.36. The standard InChI is InChI=1S/C14H25NO3S/c1-13-3-5-14(12-16,6-4-13)11-15-7-2-9-19(17,18)10-8-15/h12-13H,2-11H2,1H3. The summed E-state index contributed by atoms with van der Waals surface area (Å²) in [6.45, 7) is 4.39. The molecule has 110 valence electrons. The van der Waals surface area contributed by atoms with Gasteiger partial charge in [0.15, 0.2) is 9.84 Å². The molecular formula is C14H25NO3S. The van der Waals surface area contributed by atoms with Gasteiger partial charge in [0.2, 0.25) is 0 Å². The third-order valence-electron chi connectivity index (χ3n) is 4.71. The number of nitrogens with zero attached hydrogens (tertiary/aromatic N) is 1. The predicted octanol–water partition coefficient (Wildman–Crippen LogP) is 1.50. The summed E-state index contributed by atoms with van der Waals surface area (Å²) in [4.78, 5) is 13.7. The Morgan fingerprint density at radius 3 is 2.53 bits per heavy atom. The van der Waals surface area contributed by atoms with Crippen LogP contribution in [0, 0.1) is 11.3 Å². The molecule has 0 radical (unpaired) electrons. The molecule has 5 heteroatoms. The Morgan fingerprint density at radius 1 is 1.21 bits per heavy atom. The third kappa shape index (κ3) is 4.02. The van der Waals surface area contributed by atoms with Gasteiger partial charge in [-0.15, -0.1) is 0 Å². The van der Waals surface area contributed by atoms with Crippen LogP contribution in [0.2, 0.25) is 0 Å². The number of carbonyl (C=O) groups is 1. The van der Waals surface area contributed by atoms with Crippen LogP contribution in [0.1, 0.15) is 39.0 Å². The minimum Gasteiger partial charge on any atom is -0.303 e. The molecule has 1 aliphatic heterocycles. The summed E-state index contributed by atoms with van der Waals surface area (Å²) in [5, 5.41) is 0. The van der Waals surface area contributed by atoms with Gasteiger partial charge in [-0.3, -0.25) is 0 Å². The zero-order valence-corrected chi connectivity index (χ0v) is 12.6. The second kappa shape index (κ2) is 5.92. The van der Waals surface area contributed by atoms with Gasteiger partial charge in [0.25, 0.3) is 0 Å². The second-order valence-corrected chi connectivity index (χ2v) is 8.75. The molecule has 1 saturated carbocycles. The predicted molar refractivity (Wildman–Crippen MR) is 75.8 cm³/mol. The summed E-state index contributed by atoms with van der Waals surface area (Å²) < 4.78 is 23.2. The average Bonchev–Trinajstić information content (AvgIpc) is 2.54. The summed E-state index contributed by atoms with van der Waals surface area (Å²) in [5.74, 6) is 1.27. The van der Waals surface area contributed by atoms with E-state index in [0.29, 0.717) is 18.7 Å². The summed E-state index contributed by atoms with van der Waals surface area (Å²) >= 11 is 0. The molecular weight excluding hydrogens is 262 g/mol. The van der Waals surface area contributed by atoms with Gasteiger partial charge < -0.3 is 9.69 Å². The van der Waals surface area contributed by atoms with Crippen molar-refractivity contribution in [2.75, 3.05) is 31.1 Å². The Balaban J connectivity index is 1.97. The molecule has 1 saturated heterocycles. The van der Waals surface area contributed by atoms with Gasteiger partial charge >= 0.3 is 0 Å². The molecule has 0 spiro atoms. The van der Waals surface area contributed by atoms with Crippen LogP contribution in [0.25, 0.3) is 0 Å². The van der Waals surface area contributed by atoms with Gasteiger partial charge in [0.1, 0.15) is 6.29 Å². The van der Waals surface area contributed by atoms with E-state index in [1.54, 1.807) is 0 Å². The van der Waals surface area contributed by atoms with Gasteiger partial charge in [0.05, 0.1) is 11.5 Å². The van der Waals surface area contributed by atoms with Crippen molar-refractivity contribution >= 4 is 16.1 Å². The number of aldehydes is 1. The minimum absolute atomic E-state index is 0.222. The highest BCUT2D eigenvalue weighted by atomic mass is 32.2. The summed E-state index contributed by atoms with van der Waals surface area (Å²) in [6, 6.07) is 0. The zero-order chi connectivity index (χ0) is 13.9. The molecule has 0 bridgehead atoms. The maximum atomic E-state index is 11.6. The number of rotatable bonds is 3. The molecule has 1 heterocycles. The molecule has 19 heavy (non-hydrogen) atoms. The lowest BCUT2D eigenvalue weighted by Gasteiger charge is -2.38. The first-order valence-corrected chi connectivity index (χ1v) is 9.16. The van der Waals surface area contributed by atoms with Crippen LogP contribution in [-0.4, -0.2) is 50.7 Å². The SMILES string of the molecule is CC1CCC(C=O)(CN2CCCS(=O)(=O)CC2)CC1. The molecule has 2 aliphatic rings. The fourth-order valence-electron chi connectivity index (χ4n) is 3.24. The molecule has 2 rings (SSSR count). The van der Waals surface area contributed by atoms with E-state index in [0.717, 1.165) is 51.0 Å². The van der Waals surface area contributed by atoms with Crippen molar-refractivity contribution in [3.8, 4) is 0 Å². The van der Waals surface area contributed by atoms with Crippen LogP contribution >= 0.6 is 0 Å². The first kappa shape index (κ1) is 15.0. The number of carbonyl (C=O) groups excluding carboxylic acids is 1. The van der Waals surface area contributed by atoms with Crippen LogP contribution in [0.15, 0.2) is 0 Å². The summed E-state index contributed by atoms with van der Waals surface area (Å²) in [5.41, 5.74) is -0.222. The van der Waals surface area contributed by atoms with Gasteiger partial charge in [0, 0.05) is 18.5 Å². The van der Waals surface area contributed by atoms with Crippen LogP contribution in [-0.2, 0) is 14.6 Å². The Labute approximate surface area is 116 Å². The molecule has 0 aromatic heterocycles. The van der Waals surface area contributed by atoms with Crippen molar-refractivity contribution in [2.24, 2.45) is 11.3 Å². The van der Waals surface area contributed by atoms with E-state index in [1.165, 1.54) is 0 Å². The Morgan fingerprint density at radius 2 is 1.89 bits per heavy atom. The summed E-state index contributed by atoms with van der Waals surface area (Å²) in [7, 11) is -2.86. The minimum atomic E-state index is -2.86. The van der Waals surface area contributed by atoms with Crippen LogP contribution < -0.4 is 0 Å². The molecule has 0 N–H and O–H groups in total. The average molecular weight is 287 g/mol. The Hall–Kier alpha value is -0.420. The molecule has 0 amide bonds. The lowest BCUT2D eigenvalue weighted by molar-refractivity contribution is -0.119. The smallest absolute Gasteiger partial charge is 0.151 e. The van der Waals surface area contributed by atoms with Gasteiger partial charge in [-0.25, -0.2) is 8.42 Å². The van der Waals surface area contributed by atoms with E-state index in [-0.39, 0.29) is 11.2 Å². The van der Waals surface area contributed by atoms with Crippen LogP contribution in [0.4, 0.5) is 0 Å². The van der Waals surface area contributed by atoms with E-state index in [4.69, 9.17) is 0 Å². The van der Waals surface area contributed by atoms with E-state index >= 15 is 0 Å². The van der Waals surface area contributed by atoms with Gasteiger partial charge in [-0.05, 0) is 44.6 Å². The van der Waals surface area contributed by atoms with Crippen molar-refractivity contribution in [1.29, 1.82) is 0 Å². The Bertz CT molecular complexity index is 410.